The van der Waals surface area contributed by atoms with E-state index in [0.717, 1.165) is 38.8 Å². The Hall–Kier alpha value is -1.95. The number of quaternary nitrogens is 1. The number of likely N-dealkylation sites (tertiary alicyclic amines) is 1. The zero-order valence-corrected chi connectivity index (χ0v) is 13.4. The number of hydrogen-bond donors (Lipinski definition) is 1. The van der Waals surface area contributed by atoms with Gasteiger partial charge in [0.2, 0.25) is 0 Å². The summed E-state index contributed by atoms with van der Waals surface area (Å²) in [6.45, 7) is 2.07. The van der Waals surface area contributed by atoms with Crippen LogP contribution in [-0.4, -0.2) is 36.6 Å². The van der Waals surface area contributed by atoms with Crippen LogP contribution in [0.3, 0.4) is 0 Å². The third-order valence-corrected chi connectivity index (χ3v) is 5.33. The number of nitrogens with zero attached hydrogens (tertiary/aromatic N) is 1. The minimum atomic E-state index is -0.468. The van der Waals surface area contributed by atoms with E-state index in [1.165, 1.54) is 35.6 Å². The SMILES string of the molecule is C[NH+]1CC[C@@]2(OC(=O)c3ccc([N+](=O)[O-])cc3)CCCC[C@@H]2C1. The van der Waals surface area contributed by atoms with Crippen molar-refractivity contribution in [1.82, 2.24) is 0 Å². The van der Waals surface area contributed by atoms with Crippen molar-refractivity contribution in [2.24, 2.45) is 5.92 Å². The van der Waals surface area contributed by atoms with Crippen LogP contribution in [-0.2, 0) is 4.74 Å². The number of esters is 1. The lowest BCUT2D eigenvalue weighted by molar-refractivity contribution is -0.892. The van der Waals surface area contributed by atoms with E-state index in [-0.39, 0.29) is 17.3 Å². The number of nitro groups is 1. The maximum absolute atomic E-state index is 12.5. The second-order valence-corrected chi connectivity index (χ2v) is 6.86. The van der Waals surface area contributed by atoms with Gasteiger partial charge in [-0.1, -0.05) is 6.42 Å². The van der Waals surface area contributed by atoms with Crippen LogP contribution in [0.15, 0.2) is 24.3 Å². The standard InChI is InChI=1S/C17H22N2O4/c1-18-11-10-17(9-3-2-4-14(17)12-18)23-16(20)13-5-7-15(8-6-13)19(21)22/h5-8,14H,2-4,9-12H2,1H3/p+1/t14-,17+/m1/s1. The van der Waals surface area contributed by atoms with E-state index in [1.54, 1.807) is 0 Å². The Morgan fingerprint density at radius 2 is 2.04 bits per heavy atom. The van der Waals surface area contributed by atoms with Crippen molar-refractivity contribution in [3.05, 3.63) is 39.9 Å². The van der Waals surface area contributed by atoms with Crippen LogP contribution in [0.1, 0.15) is 42.5 Å². The highest BCUT2D eigenvalue weighted by Gasteiger charge is 2.48. The molecule has 1 saturated carbocycles. The van der Waals surface area contributed by atoms with Gasteiger partial charge in [-0.25, -0.2) is 4.79 Å². The molecule has 1 aliphatic heterocycles. The normalized spacial score (nSPS) is 30.3. The predicted molar refractivity (Wildman–Crippen MR) is 84.4 cm³/mol. The van der Waals surface area contributed by atoms with Crippen molar-refractivity contribution in [2.45, 2.75) is 37.7 Å². The molecule has 1 unspecified atom stereocenters. The molecule has 1 aromatic rings. The number of ether oxygens (including phenoxy) is 1. The molecule has 1 heterocycles. The molecule has 124 valence electrons. The first kappa shape index (κ1) is 15.9. The van der Waals surface area contributed by atoms with Crippen molar-refractivity contribution < 1.29 is 19.4 Å². The fraction of sp³-hybridized carbons (Fsp3) is 0.588. The van der Waals surface area contributed by atoms with E-state index in [9.17, 15) is 14.9 Å². The van der Waals surface area contributed by atoms with Crippen LogP contribution in [0.4, 0.5) is 5.69 Å². The second kappa shape index (κ2) is 6.28. The Morgan fingerprint density at radius 3 is 2.74 bits per heavy atom. The van der Waals surface area contributed by atoms with E-state index in [0.29, 0.717) is 11.5 Å². The van der Waals surface area contributed by atoms with Crippen LogP contribution >= 0.6 is 0 Å². The molecule has 23 heavy (non-hydrogen) atoms. The van der Waals surface area contributed by atoms with Gasteiger partial charge in [0.25, 0.3) is 5.69 Å². The van der Waals surface area contributed by atoms with Crippen LogP contribution in [0.5, 0.6) is 0 Å². The molecule has 1 aliphatic carbocycles. The summed E-state index contributed by atoms with van der Waals surface area (Å²) in [5.74, 6) is 0.0679. The van der Waals surface area contributed by atoms with E-state index < -0.39 is 4.92 Å². The number of fused-ring (bicyclic) bond motifs is 1. The average molecular weight is 319 g/mol. The van der Waals surface area contributed by atoms with E-state index in [2.05, 4.69) is 7.05 Å². The summed E-state index contributed by atoms with van der Waals surface area (Å²) in [4.78, 5) is 24.3. The highest BCUT2D eigenvalue weighted by Crippen LogP contribution is 2.40. The topological polar surface area (TPSA) is 73.9 Å². The molecule has 0 aromatic heterocycles. The van der Waals surface area contributed by atoms with Crippen molar-refractivity contribution in [3.8, 4) is 0 Å². The first-order valence-electron chi connectivity index (χ1n) is 8.29. The van der Waals surface area contributed by atoms with Gasteiger partial charge in [0.1, 0.15) is 5.60 Å². The summed E-state index contributed by atoms with van der Waals surface area (Å²) in [6, 6.07) is 5.67. The summed E-state index contributed by atoms with van der Waals surface area (Å²) in [7, 11) is 2.19. The molecule has 1 saturated heterocycles. The molecule has 1 N–H and O–H groups in total. The molecule has 0 amide bonds. The van der Waals surface area contributed by atoms with Crippen molar-refractivity contribution in [3.63, 3.8) is 0 Å². The zero-order chi connectivity index (χ0) is 16.4. The summed E-state index contributed by atoms with van der Waals surface area (Å²) in [5.41, 5.74) is 0.0371. The van der Waals surface area contributed by atoms with Gasteiger partial charge in [0.15, 0.2) is 0 Å². The molecule has 2 fully saturated rings. The molecule has 6 heteroatoms. The maximum atomic E-state index is 12.5. The van der Waals surface area contributed by atoms with Crippen LogP contribution < -0.4 is 4.90 Å². The Balaban J connectivity index is 1.76. The Morgan fingerprint density at radius 1 is 1.30 bits per heavy atom. The molecule has 6 nitrogen and oxygen atoms in total. The van der Waals surface area contributed by atoms with Crippen molar-refractivity contribution in [1.29, 1.82) is 0 Å². The average Bonchev–Trinajstić information content (AvgIpc) is 2.55. The molecule has 1 aromatic carbocycles. The lowest BCUT2D eigenvalue weighted by Gasteiger charge is -2.47. The minimum Gasteiger partial charge on any atom is -0.455 e. The van der Waals surface area contributed by atoms with Crippen LogP contribution in [0.25, 0.3) is 0 Å². The molecule has 0 spiro atoms. The third-order valence-electron chi connectivity index (χ3n) is 5.33. The lowest BCUT2D eigenvalue weighted by atomic mass is 9.71. The van der Waals surface area contributed by atoms with Gasteiger partial charge in [-0.2, -0.15) is 0 Å². The summed E-state index contributed by atoms with van der Waals surface area (Å²) in [6.07, 6.45) is 5.26. The third kappa shape index (κ3) is 3.22. The Labute approximate surface area is 135 Å². The second-order valence-electron chi connectivity index (χ2n) is 6.86. The van der Waals surface area contributed by atoms with E-state index in [1.807, 2.05) is 0 Å². The van der Waals surface area contributed by atoms with Gasteiger partial charge in [0, 0.05) is 24.5 Å². The van der Waals surface area contributed by atoms with Crippen molar-refractivity contribution in [2.75, 3.05) is 20.1 Å². The monoisotopic (exact) mass is 319 g/mol. The zero-order valence-electron chi connectivity index (χ0n) is 13.4. The molecule has 0 bridgehead atoms. The summed E-state index contributed by atoms with van der Waals surface area (Å²) >= 11 is 0. The maximum Gasteiger partial charge on any atom is 0.338 e. The lowest BCUT2D eigenvalue weighted by Crippen LogP contribution is -3.12. The fourth-order valence-corrected chi connectivity index (χ4v) is 4.00. The van der Waals surface area contributed by atoms with Gasteiger partial charge in [-0.3, -0.25) is 10.1 Å². The Kier molecular flexibility index (Phi) is 4.35. The number of benzene rings is 1. The summed E-state index contributed by atoms with van der Waals surface area (Å²) in [5, 5.41) is 10.7. The molecular formula is C17H23N2O4+. The molecule has 3 rings (SSSR count). The summed E-state index contributed by atoms with van der Waals surface area (Å²) < 4.78 is 6.00. The van der Waals surface area contributed by atoms with E-state index in [4.69, 9.17) is 4.74 Å². The van der Waals surface area contributed by atoms with Crippen LogP contribution in [0.2, 0.25) is 0 Å². The molecule has 3 atom stereocenters. The quantitative estimate of drug-likeness (QED) is 0.522. The number of carbonyl (C=O) groups is 1. The number of piperidine rings is 1. The molecular weight excluding hydrogens is 296 g/mol. The highest BCUT2D eigenvalue weighted by atomic mass is 16.6. The van der Waals surface area contributed by atoms with Gasteiger partial charge < -0.3 is 9.64 Å². The minimum absolute atomic E-state index is 0.0156. The largest absolute Gasteiger partial charge is 0.455 e. The highest BCUT2D eigenvalue weighted by molar-refractivity contribution is 5.90. The number of hydrogen-bond acceptors (Lipinski definition) is 4. The van der Waals surface area contributed by atoms with Gasteiger partial charge in [-0.15, -0.1) is 0 Å². The number of nitro benzene ring substituents is 1. The predicted octanol–water partition coefficient (Wildman–Crippen LogP) is 1.60. The fourth-order valence-electron chi connectivity index (χ4n) is 4.00. The number of non-ortho nitro benzene ring substituents is 1. The van der Waals surface area contributed by atoms with Gasteiger partial charge in [-0.05, 0) is 31.4 Å². The molecule has 2 aliphatic rings. The van der Waals surface area contributed by atoms with Crippen LogP contribution in [0, 0.1) is 16.0 Å². The van der Waals surface area contributed by atoms with Gasteiger partial charge in [0.05, 0.1) is 30.6 Å². The van der Waals surface area contributed by atoms with E-state index >= 15 is 0 Å². The number of carbonyl (C=O) groups excluding carboxylic acids is 1. The van der Waals surface area contributed by atoms with Gasteiger partial charge >= 0.3 is 5.97 Å². The first-order valence-corrected chi connectivity index (χ1v) is 8.29. The number of rotatable bonds is 3. The Bertz CT molecular complexity index is 601. The first-order chi connectivity index (χ1) is 11.0. The smallest absolute Gasteiger partial charge is 0.338 e. The number of nitrogens with one attached hydrogen (secondary N) is 1. The molecule has 0 radical (unpaired) electrons. The van der Waals surface area contributed by atoms with Crippen molar-refractivity contribution >= 4 is 11.7 Å².